The summed E-state index contributed by atoms with van der Waals surface area (Å²) in [5.41, 5.74) is -1.14. The highest BCUT2D eigenvalue weighted by Gasteiger charge is 2.33. The van der Waals surface area contributed by atoms with Crippen molar-refractivity contribution in [1.82, 2.24) is 19.5 Å². The lowest BCUT2D eigenvalue weighted by molar-refractivity contribution is -0.141. The number of hydrogen-bond acceptors (Lipinski definition) is 3. The van der Waals surface area contributed by atoms with Gasteiger partial charge in [0.25, 0.3) is 5.56 Å². The van der Waals surface area contributed by atoms with Gasteiger partial charge < -0.3 is 4.98 Å². The molecule has 5 nitrogen and oxygen atoms in total. The van der Waals surface area contributed by atoms with Gasteiger partial charge in [-0.25, -0.2) is 9.97 Å². The van der Waals surface area contributed by atoms with E-state index < -0.39 is 17.4 Å². The van der Waals surface area contributed by atoms with E-state index in [4.69, 9.17) is 11.6 Å². The Bertz CT molecular complexity index is 1230. The van der Waals surface area contributed by atoms with Gasteiger partial charge >= 0.3 is 6.18 Å². The fraction of sp³-hybridized carbons (Fsp3) is 0.118. The number of nitrogens with zero attached hydrogens (tertiary/aromatic N) is 3. The minimum Gasteiger partial charge on any atom is -0.338 e. The van der Waals surface area contributed by atoms with Gasteiger partial charge in [0, 0.05) is 5.39 Å². The minimum atomic E-state index is -4.65. The first-order chi connectivity index (χ1) is 12.3. The zero-order chi connectivity index (χ0) is 18.6. The Morgan fingerprint density at radius 3 is 2.54 bits per heavy atom. The van der Waals surface area contributed by atoms with Gasteiger partial charge in [0.1, 0.15) is 28.2 Å². The minimum absolute atomic E-state index is 0.156. The van der Waals surface area contributed by atoms with E-state index in [1.54, 1.807) is 31.2 Å². The molecule has 3 heterocycles. The van der Waals surface area contributed by atoms with Crippen molar-refractivity contribution in [3.8, 4) is 5.69 Å². The SMILES string of the molecule is Cc1nc2c([nH]1)c(=O)n(-c1ccccc1Cl)c1nc(C(F)(F)F)ccc21. The van der Waals surface area contributed by atoms with Crippen LogP contribution >= 0.6 is 11.6 Å². The van der Waals surface area contributed by atoms with Crippen LogP contribution in [-0.2, 0) is 6.18 Å². The van der Waals surface area contributed by atoms with Gasteiger partial charge in [0.2, 0.25) is 0 Å². The molecular formula is C17H10ClF3N4O. The molecule has 0 aliphatic carbocycles. The summed E-state index contributed by atoms with van der Waals surface area (Å²) in [6.45, 7) is 1.66. The lowest BCUT2D eigenvalue weighted by Crippen LogP contribution is -2.21. The number of benzene rings is 1. The summed E-state index contributed by atoms with van der Waals surface area (Å²) >= 11 is 6.18. The first-order valence-electron chi connectivity index (χ1n) is 7.51. The van der Waals surface area contributed by atoms with Crippen molar-refractivity contribution in [2.75, 3.05) is 0 Å². The number of alkyl halides is 3. The molecule has 3 aromatic heterocycles. The van der Waals surface area contributed by atoms with Gasteiger partial charge in [-0.1, -0.05) is 23.7 Å². The van der Waals surface area contributed by atoms with Crippen molar-refractivity contribution in [2.24, 2.45) is 0 Å². The monoisotopic (exact) mass is 378 g/mol. The summed E-state index contributed by atoms with van der Waals surface area (Å²) in [4.78, 5) is 23.8. The molecule has 0 unspecified atom stereocenters. The smallest absolute Gasteiger partial charge is 0.338 e. The molecule has 9 heteroatoms. The highest BCUT2D eigenvalue weighted by atomic mass is 35.5. The molecule has 1 aromatic carbocycles. The maximum absolute atomic E-state index is 13.2. The second kappa shape index (κ2) is 5.57. The van der Waals surface area contributed by atoms with Crippen molar-refractivity contribution in [3.05, 3.63) is 63.3 Å². The van der Waals surface area contributed by atoms with E-state index in [0.717, 1.165) is 10.6 Å². The second-order valence-corrected chi connectivity index (χ2v) is 6.11. The predicted molar refractivity (Wildman–Crippen MR) is 91.7 cm³/mol. The van der Waals surface area contributed by atoms with Crippen LogP contribution in [0.5, 0.6) is 0 Å². The molecule has 0 atom stereocenters. The number of rotatable bonds is 1. The topological polar surface area (TPSA) is 63.6 Å². The van der Waals surface area contributed by atoms with Crippen molar-refractivity contribution in [3.63, 3.8) is 0 Å². The normalized spacial score (nSPS) is 12.2. The Balaban J connectivity index is 2.24. The first-order valence-corrected chi connectivity index (χ1v) is 7.89. The molecule has 26 heavy (non-hydrogen) atoms. The molecule has 0 bridgehead atoms. The number of para-hydroxylation sites is 1. The Kier molecular flexibility index (Phi) is 3.55. The summed E-state index contributed by atoms with van der Waals surface area (Å²) in [7, 11) is 0. The Hall–Kier alpha value is -2.87. The van der Waals surface area contributed by atoms with Crippen LogP contribution in [0.15, 0.2) is 41.2 Å². The maximum atomic E-state index is 13.2. The molecule has 0 aliphatic rings. The van der Waals surface area contributed by atoms with Crippen molar-refractivity contribution in [2.45, 2.75) is 13.1 Å². The van der Waals surface area contributed by atoms with E-state index >= 15 is 0 Å². The summed E-state index contributed by atoms with van der Waals surface area (Å²) in [6, 6.07) is 8.51. The van der Waals surface area contributed by atoms with Crippen molar-refractivity contribution < 1.29 is 13.2 Å². The average Bonchev–Trinajstić information content (AvgIpc) is 2.97. The summed E-state index contributed by atoms with van der Waals surface area (Å²) in [6.07, 6.45) is -4.65. The Morgan fingerprint density at radius 1 is 1.12 bits per heavy atom. The second-order valence-electron chi connectivity index (χ2n) is 5.70. The third-order valence-corrected chi connectivity index (χ3v) is 4.28. The number of aromatic nitrogens is 4. The highest BCUT2D eigenvalue weighted by Crippen LogP contribution is 2.31. The van der Waals surface area contributed by atoms with Gasteiger partial charge in [-0.2, -0.15) is 13.2 Å². The van der Waals surface area contributed by atoms with Gasteiger partial charge in [-0.05, 0) is 31.2 Å². The lowest BCUT2D eigenvalue weighted by Gasteiger charge is -2.13. The van der Waals surface area contributed by atoms with E-state index in [1.165, 1.54) is 6.07 Å². The fourth-order valence-corrected chi connectivity index (χ4v) is 3.09. The van der Waals surface area contributed by atoms with Gasteiger partial charge in [0.05, 0.1) is 10.7 Å². The molecule has 0 spiro atoms. The molecule has 0 aliphatic heterocycles. The molecule has 132 valence electrons. The predicted octanol–water partition coefficient (Wildman–Crippen LogP) is 4.24. The molecule has 4 rings (SSSR count). The number of H-pyrrole nitrogens is 1. The molecule has 0 saturated heterocycles. The molecule has 0 amide bonds. The quantitative estimate of drug-likeness (QED) is 0.538. The highest BCUT2D eigenvalue weighted by molar-refractivity contribution is 6.32. The van der Waals surface area contributed by atoms with Gasteiger partial charge in [-0.15, -0.1) is 0 Å². The van der Waals surface area contributed by atoms with E-state index in [-0.39, 0.29) is 27.4 Å². The molecule has 4 aromatic rings. The Labute approximate surface area is 149 Å². The summed E-state index contributed by atoms with van der Waals surface area (Å²) in [5, 5.41) is 0.530. The maximum Gasteiger partial charge on any atom is 0.433 e. The molecule has 0 fully saturated rings. The number of hydrogen-bond donors (Lipinski definition) is 1. The Morgan fingerprint density at radius 2 is 1.85 bits per heavy atom. The van der Waals surface area contributed by atoms with Crippen LogP contribution in [0.4, 0.5) is 13.2 Å². The average molecular weight is 379 g/mol. The molecule has 1 N–H and O–H groups in total. The van der Waals surface area contributed by atoms with Crippen LogP contribution in [0.1, 0.15) is 11.5 Å². The molecule has 0 saturated carbocycles. The third kappa shape index (κ3) is 2.45. The van der Waals surface area contributed by atoms with Gasteiger partial charge in [-0.3, -0.25) is 9.36 Å². The van der Waals surface area contributed by atoms with Crippen molar-refractivity contribution in [1.29, 1.82) is 0 Å². The zero-order valence-corrected chi connectivity index (χ0v) is 14.0. The fourth-order valence-electron chi connectivity index (χ4n) is 2.87. The van der Waals surface area contributed by atoms with Crippen LogP contribution in [0, 0.1) is 6.92 Å². The number of aromatic amines is 1. The van der Waals surface area contributed by atoms with E-state index in [2.05, 4.69) is 15.0 Å². The number of halogens is 4. The van der Waals surface area contributed by atoms with Crippen LogP contribution in [0.3, 0.4) is 0 Å². The summed E-state index contributed by atoms with van der Waals surface area (Å²) in [5.74, 6) is 0.468. The van der Waals surface area contributed by atoms with E-state index in [1.807, 2.05) is 0 Å². The van der Waals surface area contributed by atoms with E-state index in [0.29, 0.717) is 11.2 Å². The number of imidazole rings is 1. The lowest BCUT2D eigenvalue weighted by atomic mass is 10.2. The largest absolute Gasteiger partial charge is 0.433 e. The third-order valence-electron chi connectivity index (χ3n) is 3.97. The first kappa shape index (κ1) is 16.6. The van der Waals surface area contributed by atoms with Crippen LogP contribution in [0.25, 0.3) is 27.8 Å². The van der Waals surface area contributed by atoms with Crippen LogP contribution < -0.4 is 5.56 Å². The van der Waals surface area contributed by atoms with Crippen molar-refractivity contribution >= 4 is 33.7 Å². The zero-order valence-electron chi connectivity index (χ0n) is 13.2. The van der Waals surface area contributed by atoms with Crippen LogP contribution in [0.2, 0.25) is 5.02 Å². The van der Waals surface area contributed by atoms with Crippen LogP contribution in [-0.4, -0.2) is 19.5 Å². The van der Waals surface area contributed by atoms with E-state index in [9.17, 15) is 18.0 Å². The number of fused-ring (bicyclic) bond motifs is 3. The standard InChI is InChI=1S/C17H10ClF3N4O/c1-8-22-13-9-6-7-12(17(19,20)21)24-15(9)25(16(26)14(13)23-8)11-5-3-2-4-10(11)18/h2-7H,1H3,(H,22,23). The summed E-state index contributed by atoms with van der Waals surface area (Å²) < 4.78 is 40.5. The molecular weight excluding hydrogens is 369 g/mol. The van der Waals surface area contributed by atoms with Gasteiger partial charge in [0.15, 0.2) is 0 Å². The number of aryl methyl sites for hydroxylation is 1. The number of pyridine rings is 2. The molecule has 0 radical (unpaired) electrons. The number of nitrogens with one attached hydrogen (secondary N) is 1.